The molecule has 0 saturated heterocycles. The summed E-state index contributed by atoms with van der Waals surface area (Å²) < 4.78 is 0. The summed E-state index contributed by atoms with van der Waals surface area (Å²) in [4.78, 5) is 33.8. The molecular formula is C10H13N3O4S. The van der Waals surface area contributed by atoms with Crippen LogP contribution in [0.15, 0.2) is 17.5 Å². The van der Waals surface area contributed by atoms with E-state index in [0.717, 1.165) is 0 Å². The number of carboxylic acids is 1. The number of primary amides is 1. The maximum Gasteiger partial charge on any atom is 0.326 e. The van der Waals surface area contributed by atoms with Gasteiger partial charge in [0.2, 0.25) is 11.8 Å². The third kappa shape index (κ3) is 3.82. The van der Waals surface area contributed by atoms with Crippen LogP contribution in [-0.2, 0) is 14.4 Å². The Labute approximate surface area is 107 Å². The summed E-state index contributed by atoms with van der Waals surface area (Å²) in [5, 5.41) is 12.8. The van der Waals surface area contributed by atoms with Crippen molar-refractivity contribution in [2.45, 2.75) is 18.5 Å². The van der Waals surface area contributed by atoms with Crippen LogP contribution >= 0.6 is 11.3 Å². The molecule has 0 aliphatic carbocycles. The number of carboxylic acid groups (broad SMARTS) is 1. The Morgan fingerprint density at radius 2 is 2.11 bits per heavy atom. The van der Waals surface area contributed by atoms with Crippen molar-refractivity contribution in [1.29, 1.82) is 0 Å². The number of hydrogen-bond acceptors (Lipinski definition) is 5. The van der Waals surface area contributed by atoms with E-state index in [9.17, 15) is 14.4 Å². The molecule has 0 aromatic carbocycles. The van der Waals surface area contributed by atoms with E-state index >= 15 is 0 Å². The number of amides is 2. The molecule has 1 aromatic heterocycles. The lowest BCUT2D eigenvalue weighted by Gasteiger charge is -2.15. The fourth-order valence-electron chi connectivity index (χ4n) is 1.26. The van der Waals surface area contributed by atoms with E-state index in [1.165, 1.54) is 11.3 Å². The van der Waals surface area contributed by atoms with Gasteiger partial charge < -0.3 is 21.9 Å². The summed E-state index contributed by atoms with van der Waals surface area (Å²) >= 11 is 1.28. The average Bonchev–Trinajstić information content (AvgIpc) is 2.79. The molecule has 0 radical (unpaired) electrons. The van der Waals surface area contributed by atoms with E-state index in [0.29, 0.717) is 4.88 Å². The van der Waals surface area contributed by atoms with Crippen molar-refractivity contribution >= 4 is 29.1 Å². The number of hydrogen-bond donors (Lipinski definition) is 4. The Hall–Kier alpha value is -1.93. The Bertz CT molecular complexity index is 446. The van der Waals surface area contributed by atoms with E-state index in [1.807, 2.05) is 0 Å². The number of thiophene rings is 1. The second-order valence-corrected chi connectivity index (χ2v) is 4.54. The van der Waals surface area contributed by atoms with Crippen LogP contribution in [0.25, 0.3) is 0 Å². The van der Waals surface area contributed by atoms with E-state index in [2.05, 4.69) is 5.32 Å². The fraction of sp³-hybridized carbons (Fsp3) is 0.300. The average molecular weight is 271 g/mol. The molecule has 0 spiro atoms. The SMILES string of the molecule is NC(=O)C[C@H](NC(=O)C(N)c1cccs1)C(=O)O. The molecule has 1 heterocycles. The van der Waals surface area contributed by atoms with Gasteiger partial charge in [0, 0.05) is 4.88 Å². The van der Waals surface area contributed by atoms with Crippen LogP contribution in [0.4, 0.5) is 0 Å². The monoisotopic (exact) mass is 271 g/mol. The van der Waals surface area contributed by atoms with E-state index in [4.69, 9.17) is 16.6 Å². The summed E-state index contributed by atoms with van der Waals surface area (Å²) in [6.07, 6.45) is -0.474. The third-order valence-electron chi connectivity index (χ3n) is 2.15. The van der Waals surface area contributed by atoms with Crippen LogP contribution in [0.5, 0.6) is 0 Å². The Kier molecular flexibility index (Phi) is 4.81. The maximum atomic E-state index is 11.7. The molecule has 1 rings (SSSR count). The van der Waals surface area contributed by atoms with Crippen molar-refractivity contribution in [3.63, 3.8) is 0 Å². The van der Waals surface area contributed by atoms with Gasteiger partial charge in [-0.2, -0.15) is 0 Å². The van der Waals surface area contributed by atoms with Crippen molar-refractivity contribution in [2.75, 3.05) is 0 Å². The van der Waals surface area contributed by atoms with Crippen LogP contribution in [0, 0.1) is 0 Å². The zero-order valence-electron chi connectivity index (χ0n) is 9.33. The first-order valence-electron chi connectivity index (χ1n) is 5.02. The lowest BCUT2D eigenvalue weighted by atomic mass is 10.1. The smallest absolute Gasteiger partial charge is 0.326 e. The molecule has 18 heavy (non-hydrogen) atoms. The Balaban J connectivity index is 2.66. The van der Waals surface area contributed by atoms with Gasteiger partial charge in [0.25, 0.3) is 0 Å². The molecule has 0 fully saturated rings. The Morgan fingerprint density at radius 1 is 1.44 bits per heavy atom. The molecule has 1 aromatic rings. The zero-order chi connectivity index (χ0) is 13.7. The molecule has 1 unspecified atom stereocenters. The first kappa shape index (κ1) is 14.1. The molecule has 7 nitrogen and oxygen atoms in total. The number of nitrogens with one attached hydrogen (secondary N) is 1. The van der Waals surface area contributed by atoms with Crippen molar-refractivity contribution < 1.29 is 19.5 Å². The maximum absolute atomic E-state index is 11.7. The van der Waals surface area contributed by atoms with Crippen LogP contribution in [0.1, 0.15) is 17.3 Å². The fourth-order valence-corrected chi connectivity index (χ4v) is 1.99. The largest absolute Gasteiger partial charge is 0.480 e. The van der Waals surface area contributed by atoms with Crippen LogP contribution in [0.3, 0.4) is 0 Å². The minimum atomic E-state index is -1.36. The Morgan fingerprint density at radius 3 is 2.56 bits per heavy atom. The molecule has 8 heteroatoms. The quantitative estimate of drug-likeness (QED) is 0.536. The van der Waals surface area contributed by atoms with Gasteiger partial charge in [0.15, 0.2) is 0 Å². The lowest BCUT2D eigenvalue weighted by Crippen LogP contribution is -2.46. The number of carbonyl (C=O) groups is 3. The van der Waals surface area contributed by atoms with Crippen molar-refractivity contribution in [1.82, 2.24) is 5.32 Å². The van der Waals surface area contributed by atoms with Gasteiger partial charge in [-0.25, -0.2) is 4.79 Å². The highest BCUT2D eigenvalue weighted by Gasteiger charge is 2.25. The third-order valence-corrected chi connectivity index (χ3v) is 3.11. The van der Waals surface area contributed by atoms with Gasteiger partial charge in [-0.1, -0.05) is 6.07 Å². The highest BCUT2D eigenvalue weighted by Crippen LogP contribution is 2.16. The van der Waals surface area contributed by atoms with Crippen molar-refractivity contribution in [3.05, 3.63) is 22.4 Å². The summed E-state index contributed by atoms with van der Waals surface area (Å²) in [5.74, 6) is -2.81. The minimum Gasteiger partial charge on any atom is -0.480 e. The molecule has 6 N–H and O–H groups in total. The first-order valence-corrected chi connectivity index (χ1v) is 5.90. The first-order chi connectivity index (χ1) is 8.41. The van der Waals surface area contributed by atoms with Gasteiger partial charge in [-0.15, -0.1) is 11.3 Å². The van der Waals surface area contributed by atoms with Gasteiger partial charge >= 0.3 is 5.97 Å². The molecular weight excluding hydrogens is 258 g/mol. The standard InChI is InChI=1S/C10H13N3O4S/c11-7(14)4-5(10(16)17)13-9(15)8(12)6-2-1-3-18-6/h1-3,5,8H,4,12H2,(H2,11,14)(H,13,15)(H,16,17)/t5-,8?/m0/s1. The second-order valence-electron chi connectivity index (χ2n) is 3.56. The van der Waals surface area contributed by atoms with E-state index in [-0.39, 0.29) is 0 Å². The molecule has 0 aliphatic heterocycles. The van der Waals surface area contributed by atoms with Crippen LogP contribution in [0.2, 0.25) is 0 Å². The molecule has 0 bridgehead atoms. The summed E-state index contributed by atoms with van der Waals surface area (Å²) in [6.45, 7) is 0. The lowest BCUT2D eigenvalue weighted by molar-refractivity contribution is -0.143. The van der Waals surface area contributed by atoms with Gasteiger partial charge in [0.1, 0.15) is 12.1 Å². The summed E-state index contributed by atoms with van der Waals surface area (Å²) in [5.41, 5.74) is 10.5. The van der Waals surface area contributed by atoms with Gasteiger partial charge in [0.05, 0.1) is 6.42 Å². The molecule has 0 saturated carbocycles. The minimum absolute atomic E-state index is 0.474. The molecule has 0 aliphatic rings. The number of nitrogens with two attached hydrogens (primary N) is 2. The highest BCUT2D eigenvalue weighted by molar-refractivity contribution is 7.10. The summed E-state index contributed by atoms with van der Waals surface area (Å²) in [6, 6.07) is 1.07. The summed E-state index contributed by atoms with van der Waals surface area (Å²) in [7, 11) is 0. The predicted molar refractivity (Wildman–Crippen MR) is 64.6 cm³/mol. The van der Waals surface area contributed by atoms with E-state index < -0.39 is 36.3 Å². The second kappa shape index (κ2) is 6.12. The number of aliphatic carboxylic acids is 1. The molecule has 2 amide bonds. The molecule has 98 valence electrons. The van der Waals surface area contributed by atoms with Crippen molar-refractivity contribution in [3.8, 4) is 0 Å². The number of rotatable bonds is 6. The molecule has 2 atom stereocenters. The van der Waals surface area contributed by atoms with Crippen LogP contribution in [-0.4, -0.2) is 28.9 Å². The highest BCUT2D eigenvalue weighted by atomic mass is 32.1. The predicted octanol–water partition coefficient (Wildman–Crippen LogP) is -0.807. The number of carbonyl (C=O) groups excluding carboxylic acids is 2. The van der Waals surface area contributed by atoms with Gasteiger partial charge in [-0.3, -0.25) is 9.59 Å². The van der Waals surface area contributed by atoms with Gasteiger partial charge in [-0.05, 0) is 11.4 Å². The zero-order valence-corrected chi connectivity index (χ0v) is 10.1. The van der Waals surface area contributed by atoms with E-state index in [1.54, 1.807) is 17.5 Å². The topological polar surface area (TPSA) is 136 Å². The van der Waals surface area contributed by atoms with Crippen molar-refractivity contribution in [2.24, 2.45) is 11.5 Å². The normalized spacial score (nSPS) is 13.6. The van der Waals surface area contributed by atoms with Crippen LogP contribution < -0.4 is 16.8 Å².